The van der Waals surface area contributed by atoms with Crippen LogP contribution in [0.15, 0.2) is 54.6 Å². The van der Waals surface area contributed by atoms with Crippen LogP contribution in [0.1, 0.15) is 22.8 Å². The van der Waals surface area contributed by atoms with Gasteiger partial charge in [0.1, 0.15) is 0 Å². The van der Waals surface area contributed by atoms with Crippen LogP contribution >= 0.6 is 11.6 Å². The van der Waals surface area contributed by atoms with Gasteiger partial charge in [0.05, 0.1) is 6.04 Å². The Morgan fingerprint density at radius 1 is 1.10 bits per heavy atom. The predicted octanol–water partition coefficient (Wildman–Crippen LogP) is 3.51. The van der Waals surface area contributed by atoms with Crippen molar-refractivity contribution in [3.8, 4) is 11.8 Å². The molecule has 2 aromatic carbocycles. The third kappa shape index (κ3) is 4.15. The van der Waals surface area contributed by atoms with Crippen LogP contribution in [-0.4, -0.2) is 11.9 Å². The molecule has 0 unspecified atom stereocenters. The largest absolute Gasteiger partial charge is 0.339 e. The average Bonchev–Trinajstić information content (AvgIpc) is 2.47. The van der Waals surface area contributed by atoms with Crippen LogP contribution < -0.4 is 5.32 Å². The van der Waals surface area contributed by atoms with Gasteiger partial charge >= 0.3 is 0 Å². The molecule has 100 valence electrons. The van der Waals surface area contributed by atoms with E-state index in [4.69, 9.17) is 11.6 Å². The minimum absolute atomic E-state index is 0.122. The van der Waals surface area contributed by atoms with Gasteiger partial charge in [-0.25, -0.2) is 0 Å². The second-order valence-corrected chi connectivity index (χ2v) is 4.77. The quantitative estimate of drug-likeness (QED) is 0.840. The Labute approximate surface area is 123 Å². The SMILES string of the molecule is C[C@H](C#Cc1ccc(Cl)cc1)NC(=O)c1ccccc1. The lowest BCUT2D eigenvalue weighted by molar-refractivity contribution is 0.0948. The van der Waals surface area contributed by atoms with Crippen molar-refractivity contribution in [3.05, 3.63) is 70.7 Å². The number of carbonyl (C=O) groups is 1. The lowest BCUT2D eigenvalue weighted by Crippen LogP contribution is -2.31. The number of carbonyl (C=O) groups excluding carboxylic acids is 1. The Bertz CT molecular complexity index is 638. The van der Waals surface area contributed by atoms with Gasteiger partial charge in [-0.2, -0.15) is 0 Å². The summed E-state index contributed by atoms with van der Waals surface area (Å²) in [5.74, 6) is 5.88. The summed E-state index contributed by atoms with van der Waals surface area (Å²) in [6.45, 7) is 1.85. The summed E-state index contributed by atoms with van der Waals surface area (Å²) in [7, 11) is 0. The van der Waals surface area contributed by atoms with Gasteiger partial charge in [-0.1, -0.05) is 41.6 Å². The molecule has 3 heteroatoms. The zero-order valence-corrected chi connectivity index (χ0v) is 11.8. The number of nitrogens with one attached hydrogen (secondary N) is 1. The number of rotatable bonds is 2. The Morgan fingerprint density at radius 3 is 2.40 bits per heavy atom. The summed E-state index contributed by atoms with van der Waals surface area (Å²) in [6.07, 6.45) is 0. The molecule has 0 aliphatic rings. The summed E-state index contributed by atoms with van der Waals surface area (Å²) in [4.78, 5) is 11.9. The van der Waals surface area contributed by atoms with E-state index in [0.717, 1.165) is 5.56 Å². The molecule has 0 radical (unpaired) electrons. The van der Waals surface area contributed by atoms with Crippen LogP contribution in [0.3, 0.4) is 0 Å². The summed E-state index contributed by atoms with van der Waals surface area (Å²) in [6, 6.07) is 16.1. The topological polar surface area (TPSA) is 29.1 Å². The molecule has 1 N–H and O–H groups in total. The van der Waals surface area contributed by atoms with Gasteiger partial charge in [-0.3, -0.25) is 4.79 Å². The first-order valence-electron chi connectivity index (χ1n) is 6.28. The van der Waals surface area contributed by atoms with Gasteiger partial charge in [-0.05, 0) is 43.3 Å². The standard InChI is InChI=1S/C17H14ClNO/c1-13(7-8-14-9-11-16(18)12-10-14)19-17(20)15-5-3-2-4-6-15/h2-6,9-13H,1H3,(H,19,20)/t13-/m1/s1. The summed E-state index contributed by atoms with van der Waals surface area (Å²) < 4.78 is 0. The lowest BCUT2D eigenvalue weighted by Gasteiger charge is -2.07. The number of amides is 1. The van der Waals surface area contributed by atoms with Crippen molar-refractivity contribution >= 4 is 17.5 Å². The molecule has 0 aromatic heterocycles. The summed E-state index contributed by atoms with van der Waals surface area (Å²) in [5.41, 5.74) is 1.50. The van der Waals surface area contributed by atoms with Crippen LogP contribution in [0.4, 0.5) is 0 Å². The molecule has 1 amide bonds. The van der Waals surface area contributed by atoms with Crippen LogP contribution in [0, 0.1) is 11.8 Å². The summed E-state index contributed by atoms with van der Waals surface area (Å²) >= 11 is 5.81. The molecule has 0 saturated heterocycles. The fourth-order valence-electron chi connectivity index (χ4n) is 1.63. The van der Waals surface area contributed by atoms with Crippen LogP contribution in [0.2, 0.25) is 5.02 Å². The van der Waals surface area contributed by atoms with E-state index < -0.39 is 0 Å². The first kappa shape index (κ1) is 14.2. The highest BCUT2D eigenvalue weighted by atomic mass is 35.5. The van der Waals surface area contributed by atoms with E-state index in [1.807, 2.05) is 37.3 Å². The molecule has 1 atom stereocenters. The molecule has 0 spiro atoms. The number of benzene rings is 2. The highest BCUT2D eigenvalue weighted by Crippen LogP contribution is 2.08. The molecule has 2 aromatic rings. The van der Waals surface area contributed by atoms with E-state index in [0.29, 0.717) is 10.6 Å². The van der Waals surface area contributed by atoms with Crippen LogP contribution in [-0.2, 0) is 0 Å². The molecule has 2 nitrogen and oxygen atoms in total. The third-order valence-electron chi connectivity index (χ3n) is 2.66. The van der Waals surface area contributed by atoms with Crippen molar-refractivity contribution < 1.29 is 4.79 Å². The molecule has 0 heterocycles. The Kier molecular flexibility index (Phi) is 4.81. The van der Waals surface area contributed by atoms with E-state index >= 15 is 0 Å². The minimum Gasteiger partial charge on any atom is -0.339 e. The zero-order chi connectivity index (χ0) is 14.4. The van der Waals surface area contributed by atoms with E-state index in [-0.39, 0.29) is 11.9 Å². The maximum absolute atomic E-state index is 11.9. The van der Waals surface area contributed by atoms with Crippen LogP contribution in [0.25, 0.3) is 0 Å². The van der Waals surface area contributed by atoms with Gasteiger partial charge in [0, 0.05) is 16.1 Å². The number of halogens is 1. The minimum atomic E-state index is -0.224. The van der Waals surface area contributed by atoms with Crippen molar-refractivity contribution in [3.63, 3.8) is 0 Å². The second-order valence-electron chi connectivity index (χ2n) is 4.34. The van der Waals surface area contributed by atoms with Crippen molar-refractivity contribution in [2.24, 2.45) is 0 Å². The van der Waals surface area contributed by atoms with E-state index in [1.165, 1.54) is 0 Å². The second kappa shape index (κ2) is 6.79. The maximum Gasteiger partial charge on any atom is 0.252 e. The maximum atomic E-state index is 11.9. The molecule has 0 saturated carbocycles. The van der Waals surface area contributed by atoms with Gasteiger partial charge < -0.3 is 5.32 Å². The summed E-state index contributed by atoms with van der Waals surface area (Å²) in [5, 5.41) is 3.52. The van der Waals surface area contributed by atoms with Gasteiger partial charge in [0.2, 0.25) is 0 Å². The van der Waals surface area contributed by atoms with Gasteiger partial charge in [0.25, 0.3) is 5.91 Å². The van der Waals surface area contributed by atoms with Gasteiger partial charge in [-0.15, -0.1) is 0 Å². The Hall–Kier alpha value is -2.24. The zero-order valence-electron chi connectivity index (χ0n) is 11.1. The third-order valence-corrected chi connectivity index (χ3v) is 2.91. The lowest BCUT2D eigenvalue weighted by atomic mass is 10.2. The van der Waals surface area contributed by atoms with E-state index in [1.54, 1.807) is 24.3 Å². The molecule has 0 fully saturated rings. The molecule has 2 rings (SSSR count). The smallest absolute Gasteiger partial charge is 0.252 e. The molecule has 20 heavy (non-hydrogen) atoms. The monoisotopic (exact) mass is 283 g/mol. The van der Waals surface area contributed by atoms with Crippen molar-refractivity contribution in [2.45, 2.75) is 13.0 Å². The van der Waals surface area contributed by atoms with Crippen LogP contribution in [0.5, 0.6) is 0 Å². The Balaban J connectivity index is 1.98. The predicted molar refractivity (Wildman–Crippen MR) is 81.7 cm³/mol. The molecule has 0 aliphatic heterocycles. The fraction of sp³-hybridized carbons (Fsp3) is 0.118. The fourth-order valence-corrected chi connectivity index (χ4v) is 1.76. The van der Waals surface area contributed by atoms with Crippen molar-refractivity contribution in [2.75, 3.05) is 0 Å². The molecule has 0 bridgehead atoms. The highest BCUT2D eigenvalue weighted by Gasteiger charge is 2.06. The Morgan fingerprint density at radius 2 is 1.75 bits per heavy atom. The normalized spacial score (nSPS) is 11.1. The van der Waals surface area contributed by atoms with E-state index in [9.17, 15) is 4.79 Å². The molecule has 0 aliphatic carbocycles. The van der Waals surface area contributed by atoms with Crippen molar-refractivity contribution in [1.29, 1.82) is 0 Å². The van der Waals surface area contributed by atoms with E-state index in [2.05, 4.69) is 17.2 Å². The molecular formula is C17H14ClNO. The van der Waals surface area contributed by atoms with Crippen molar-refractivity contribution in [1.82, 2.24) is 5.32 Å². The van der Waals surface area contributed by atoms with Gasteiger partial charge in [0.15, 0.2) is 0 Å². The first-order chi connectivity index (χ1) is 9.65. The number of hydrogen-bond donors (Lipinski definition) is 1. The highest BCUT2D eigenvalue weighted by molar-refractivity contribution is 6.30. The average molecular weight is 284 g/mol. The number of hydrogen-bond acceptors (Lipinski definition) is 1. The molecular weight excluding hydrogens is 270 g/mol. The first-order valence-corrected chi connectivity index (χ1v) is 6.66.